The van der Waals surface area contributed by atoms with Crippen molar-refractivity contribution < 1.29 is 0 Å². The maximum atomic E-state index is 3.76. The predicted molar refractivity (Wildman–Crippen MR) is 100 cm³/mol. The lowest BCUT2D eigenvalue weighted by Gasteiger charge is -2.43. The number of benzene rings is 1. The van der Waals surface area contributed by atoms with E-state index in [1.54, 1.807) is 0 Å². The molecule has 0 aromatic heterocycles. The third kappa shape index (κ3) is 5.40. The molecule has 0 unspecified atom stereocenters. The van der Waals surface area contributed by atoms with Gasteiger partial charge in [0.25, 0.3) is 0 Å². The monoisotopic (exact) mass is 396 g/mol. The largest absolute Gasteiger partial charge is 0.314 e. The smallest absolute Gasteiger partial charge is 0.0408 e. The summed E-state index contributed by atoms with van der Waals surface area (Å²) in [5.41, 5.74) is 2.96. The highest BCUT2D eigenvalue weighted by Gasteiger charge is 2.33. The summed E-state index contributed by atoms with van der Waals surface area (Å²) in [6.07, 6.45) is 0. The van der Waals surface area contributed by atoms with Crippen molar-refractivity contribution in [3.05, 3.63) is 33.8 Å². The van der Waals surface area contributed by atoms with Gasteiger partial charge >= 0.3 is 0 Å². The highest BCUT2D eigenvalue weighted by Crippen LogP contribution is 2.41. The number of rotatable bonds is 2. The molecule has 0 spiro atoms. The van der Waals surface area contributed by atoms with Crippen LogP contribution in [0.25, 0.3) is 0 Å². The average molecular weight is 398 g/mol. The molecule has 2 rings (SSSR count). The van der Waals surface area contributed by atoms with E-state index in [2.05, 4.69) is 72.0 Å². The molecule has 5 heteroatoms. The molecule has 1 atom stereocenters. The van der Waals surface area contributed by atoms with Gasteiger partial charge in [-0.3, -0.25) is 4.90 Å². The van der Waals surface area contributed by atoms with E-state index >= 15 is 0 Å². The number of piperazine rings is 1. The van der Waals surface area contributed by atoms with Gasteiger partial charge in [0.2, 0.25) is 0 Å². The summed E-state index contributed by atoms with van der Waals surface area (Å²) in [5, 5.41) is 3.44. The van der Waals surface area contributed by atoms with E-state index in [0.717, 1.165) is 26.2 Å². The summed E-state index contributed by atoms with van der Waals surface area (Å²) >= 11 is 3.76. The average Bonchev–Trinajstić information content (AvgIpc) is 2.32. The summed E-state index contributed by atoms with van der Waals surface area (Å²) in [7, 11) is 0. The first-order valence-electron chi connectivity index (χ1n) is 7.10. The predicted octanol–water partition coefficient (Wildman–Crippen LogP) is 4.59. The Morgan fingerprint density at radius 1 is 1.14 bits per heavy atom. The molecule has 0 amide bonds. The Kier molecular flexibility index (Phi) is 8.82. The zero-order valence-corrected chi connectivity index (χ0v) is 16.5. The fraction of sp³-hybridized carbons (Fsp3) is 0.625. The van der Waals surface area contributed by atoms with Crippen molar-refractivity contribution in [2.45, 2.75) is 33.7 Å². The molecule has 0 aliphatic carbocycles. The molecular formula is C16H27BrCl2N2. The standard InChI is InChI=1S/C16H25BrN2.2ClH/c1-12-5-6-13(14(17)11-12)15(16(2,3)4)19-9-7-18-8-10-19;;/h5-6,11,15,18H,7-10H2,1-4H3;2*1H/t15-;;/m0../s1. The van der Waals surface area contributed by atoms with Crippen molar-refractivity contribution in [1.82, 2.24) is 10.2 Å². The molecule has 1 saturated heterocycles. The van der Waals surface area contributed by atoms with Gasteiger partial charge < -0.3 is 5.32 Å². The molecule has 21 heavy (non-hydrogen) atoms. The van der Waals surface area contributed by atoms with Gasteiger partial charge in [-0.15, -0.1) is 24.8 Å². The molecule has 1 aromatic carbocycles. The first kappa shape index (κ1) is 21.2. The van der Waals surface area contributed by atoms with Gasteiger partial charge in [-0.1, -0.05) is 48.8 Å². The molecule has 1 aromatic rings. The Balaban J connectivity index is 0.00000200. The van der Waals surface area contributed by atoms with Gasteiger partial charge in [0.05, 0.1) is 0 Å². The van der Waals surface area contributed by atoms with Crippen LogP contribution in [0.4, 0.5) is 0 Å². The van der Waals surface area contributed by atoms with E-state index in [0.29, 0.717) is 6.04 Å². The highest BCUT2D eigenvalue weighted by atomic mass is 79.9. The second-order valence-corrected chi connectivity index (χ2v) is 7.43. The second-order valence-electron chi connectivity index (χ2n) is 6.58. The third-order valence-corrected chi connectivity index (χ3v) is 4.47. The summed E-state index contributed by atoms with van der Waals surface area (Å²) in [6, 6.07) is 7.21. The fourth-order valence-corrected chi connectivity index (χ4v) is 3.72. The van der Waals surface area contributed by atoms with Gasteiger partial charge in [-0.05, 0) is 29.5 Å². The topological polar surface area (TPSA) is 15.3 Å². The molecule has 1 aliphatic heterocycles. The third-order valence-electron chi connectivity index (χ3n) is 3.79. The van der Waals surface area contributed by atoms with Gasteiger partial charge in [-0.2, -0.15) is 0 Å². The number of nitrogens with one attached hydrogen (secondary N) is 1. The number of hydrogen-bond acceptors (Lipinski definition) is 2. The van der Waals surface area contributed by atoms with Gasteiger partial charge in [0.15, 0.2) is 0 Å². The normalized spacial score (nSPS) is 17.6. The maximum Gasteiger partial charge on any atom is 0.0408 e. The minimum Gasteiger partial charge on any atom is -0.314 e. The molecule has 0 saturated carbocycles. The molecule has 0 bridgehead atoms. The summed E-state index contributed by atoms with van der Waals surface area (Å²) < 4.78 is 1.24. The van der Waals surface area contributed by atoms with Gasteiger partial charge in [-0.25, -0.2) is 0 Å². The number of aryl methyl sites for hydroxylation is 1. The summed E-state index contributed by atoms with van der Waals surface area (Å²) in [4.78, 5) is 2.62. The van der Waals surface area contributed by atoms with Crippen LogP contribution in [0.15, 0.2) is 22.7 Å². The van der Waals surface area contributed by atoms with Crippen LogP contribution in [0.3, 0.4) is 0 Å². The molecule has 0 radical (unpaired) electrons. The lowest BCUT2D eigenvalue weighted by Crippen LogP contribution is -2.48. The van der Waals surface area contributed by atoms with Crippen LogP contribution >= 0.6 is 40.7 Å². The quantitative estimate of drug-likeness (QED) is 0.784. The zero-order valence-electron chi connectivity index (χ0n) is 13.3. The van der Waals surface area contributed by atoms with Crippen molar-refractivity contribution in [2.75, 3.05) is 26.2 Å². The lowest BCUT2D eigenvalue weighted by atomic mass is 9.80. The van der Waals surface area contributed by atoms with E-state index in [4.69, 9.17) is 0 Å². The van der Waals surface area contributed by atoms with Crippen molar-refractivity contribution >= 4 is 40.7 Å². The van der Waals surface area contributed by atoms with Crippen LogP contribution in [-0.2, 0) is 0 Å². The fourth-order valence-electron chi connectivity index (χ4n) is 3.01. The first-order valence-corrected chi connectivity index (χ1v) is 7.90. The van der Waals surface area contributed by atoms with E-state index in [1.165, 1.54) is 15.6 Å². The van der Waals surface area contributed by atoms with Crippen LogP contribution in [-0.4, -0.2) is 31.1 Å². The second kappa shape index (κ2) is 8.73. The van der Waals surface area contributed by atoms with Crippen molar-refractivity contribution in [1.29, 1.82) is 0 Å². The highest BCUT2D eigenvalue weighted by molar-refractivity contribution is 9.10. The summed E-state index contributed by atoms with van der Waals surface area (Å²) in [5.74, 6) is 0. The molecule has 122 valence electrons. The van der Waals surface area contributed by atoms with Crippen LogP contribution in [0.1, 0.15) is 37.9 Å². The van der Waals surface area contributed by atoms with Crippen molar-refractivity contribution in [3.8, 4) is 0 Å². The Morgan fingerprint density at radius 2 is 1.71 bits per heavy atom. The number of halogens is 3. The van der Waals surface area contributed by atoms with Crippen molar-refractivity contribution in [2.24, 2.45) is 5.41 Å². The zero-order chi connectivity index (χ0) is 14.0. The van der Waals surface area contributed by atoms with E-state index in [-0.39, 0.29) is 30.2 Å². The molecule has 1 fully saturated rings. The van der Waals surface area contributed by atoms with Crippen LogP contribution < -0.4 is 5.32 Å². The molecule has 1 heterocycles. The molecular weight excluding hydrogens is 371 g/mol. The first-order chi connectivity index (χ1) is 8.89. The van der Waals surface area contributed by atoms with Gasteiger partial charge in [0.1, 0.15) is 0 Å². The Labute approximate surface area is 150 Å². The Hall–Kier alpha value is 0.200. The van der Waals surface area contributed by atoms with Gasteiger partial charge in [0, 0.05) is 36.7 Å². The minimum atomic E-state index is 0. The Bertz CT molecular complexity index is 440. The minimum absolute atomic E-state index is 0. The lowest BCUT2D eigenvalue weighted by molar-refractivity contribution is 0.0857. The van der Waals surface area contributed by atoms with E-state index in [1.807, 2.05) is 0 Å². The molecule has 1 N–H and O–H groups in total. The van der Waals surface area contributed by atoms with E-state index in [9.17, 15) is 0 Å². The number of hydrogen-bond donors (Lipinski definition) is 1. The molecule has 2 nitrogen and oxygen atoms in total. The van der Waals surface area contributed by atoms with Crippen LogP contribution in [0.2, 0.25) is 0 Å². The SMILES string of the molecule is Cc1ccc([C@H](N2CCNCC2)C(C)(C)C)c(Br)c1.Cl.Cl. The van der Waals surface area contributed by atoms with Crippen LogP contribution in [0, 0.1) is 12.3 Å². The van der Waals surface area contributed by atoms with E-state index < -0.39 is 0 Å². The van der Waals surface area contributed by atoms with Crippen molar-refractivity contribution in [3.63, 3.8) is 0 Å². The number of nitrogens with zero attached hydrogens (tertiary/aromatic N) is 1. The Morgan fingerprint density at radius 3 is 2.19 bits per heavy atom. The summed E-state index contributed by atoms with van der Waals surface area (Å²) in [6.45, 7) is 13.6. The van der Waals surface area contributed by atoms with Crippen LogP contribution in [0.5, 0.6) is 0 Å². The molecule has 1 aliphatic rings. The maximum absolute atomic E-state index is 3.76.